The highest BCUT2D eigenvalue weighted by Crippen LogP contribution is 2.27. The molecule has 2 aromatic carbocycles. The monoisotopic (exact) mass is 450 g/mol. The SMILES string of the molecule is COc1ccc(C(=O)N/C(=C\c2ccco2)C(=O)NCCc2ccc(OC)c(OC)c2)cc1. The molecule has 0 atom stereocenters. The van der Waals surface area contributed by atoms with Crippen molar-refractivity contribution < 1.29 is 28.2 Å². The minimum Gasteiger partial charge on any atom is -0.497 e. The summed E-state index contributed by atoms with van der Waals surface area (Å²) in [7, 11) is 4.69. The summed E-state index contributed by atoms with van der Waals surface area (Å²) in [5, 5.41) is 5.49. The third kappa shape index (κ3) is 6.39. The Balaban J connectivity index is 1.67. The van der Waals surface area contributed by atoms with Crippen LogP contribution in [0.15, 0.2) is 71.0 Å². The fourth-order valence-corrected chi connectivity index (χ4v) is 3.06. The van der Waals surface area contributed by atoms with Crippen LogP contribution in [-0.2, 0) is 11.2 Å². The molecule has 0 aliphatic carbocycles. The Morgan fingerprint density at radius 1 is 0.939 bits per heavy atom. The van der Waals surface area contributed by atoms with E-state index in [0.29, 0.717) is 41.5 Å². The minimum atomic E-state index is -0.436. The van der Waals surface area contributed by atoms with Gasteiger partial charge in [0, 0.05) is 18.2 Å². The zero-order valence-electron chi connectivity index (χ0n) is 18.7. The van der Waals surface area contributed by atoms with Crippen LogP contribution in [0.1, 0.15) is 21.7 Å². The van der Waals surface area contributed by atoms with E-state index in [9.17, 15) is 9.59 Å². The summed E-state index contributed by atoms with van der Waals surface area (Å²) in [6.45, 7) is 0.349. The molecule has 172 valence electrons. The molecule has 0 saturated heterocycles. The van der Waals surface area contributed by atoms with Gasteiger partial charge >= 0.3 is 0 Å². The third-order valence-corrected chi connectivity index (χ3v) is 4.82. The average Bonchev–Trinajstić information content (AvgIpc) is 3.36. The van der Waals surface area contributed by atoms with Crippen LogP contribution < -0.4 is 24.8 Å². The third-order valence-electron chi connectivity index (χ3n) is 4.82. The van der Waals surface area contributed by atoms with E-state index in [1.807, 2.05) is 18.2 Å². The average molecular weight is 450 g/mol. The first-order valence-electron chi connectivity index (χ1n) is 10.2. The quantitative estimate of drug-likeness (QED) is 0.459. The summed E-state index contributed by atoms with van der Waals surface area (Å²) in [5.41, 5.74) is 1.42. The van der Waals surface area contributed by atoms with Crippen molar-refractivity contribution in [3.8, 4) is 17.2 Å². The van der Waals surface area contributed by atoms with Gasteiger partial charge < -0.3 is 29.3 Å². The van der Waals surface area contributed by atoms with Gasteiger partial charge in [-0.1, -0.05) is 6.07 Å². The second-order valence-corrected chi connectivity index (χ2v) is 6.95. The molecule has 1 aromatic heterocycles. The second-order valence-electron chi connectivity index (χ2n) is 6.95. The van der Waals surface area contributed by atoms with E-state index in [1.54, 1.807) is 57.7 Å². The van der Waals surface area contributed by atoms with Crippen molar-refractivity contribution >= 4 is 17.9 Å². The predicted octanol–water partition coefficient (Wildman–Crippen LogP) is 3.44. The van der Waals surface area contributed by atoms with Gasteiger partial charge in [0.25, 0.3) is 11.8 Å². The molecule has 0 spiro atoms. The van der Waals surface area contributed by atoms with Crippen molar-refractivity contribution in [1.29, 1.82) is 0 Å². The molecule has 0 fully saturated rings. The highest BCUT2D eigenvalue weighted by Gasteiger charge is 2.15. The zero-order chi connectivity index (χ0) is 23.6. The molecule has 3 aromatic rings. The maximum Gasteiger partial charge on any atom is 0.267 e. The lowest BCUT2D eigenvalue weighted by Crippen LogP contribution is -2.35. The number of benzene rings is 2. The molecule has 2 N–H and O–H groups in total. The highest BCUT2D eigenvalue weighted by molar-refractivity contribution is 6.05. The molecule has 3 rings (SSSR count). The van der Waals surface area contributed by atoms with Gasteiger partial charge in [-0.2, -0.15) is 0 Å². The Morgan fingerprint density at radius 3 is 2.33 bits per heavy atom. The van der Waals surface area contributed by atoms with Gasteiger partial charge in [-0.05, 0) is 60.5 Å². The van der Waals surface area contributed by atoms with Crippen LogP contribution in [-0.4, -0.2) is 39.7 Å². The fourth-order valence-electron chi connectivity index (χ4n) is 3.06. The van der Waals surface area contributed by atoms with Gasteiger partial charge in [-0.3, -0.25) is 9.59 Å². The first kappa shape index (κ1) is 23.5. The number of rotatable bonds is 10. The topological polar surface area (TPSA) is 99.0 Å². The Bertz CT molecular complexity index is 1100. The number of hydrogen-bond acceptors (Lipinski definition) is 6. The number of carbonyl (C=O) groups is 2. The van der Waals surface area contributed by atoms with E-state index >= 15 is 0 Å². The minimum absolute atomic E-state index is 0.0677. The molecule has 8 nitrogen and oxygen atoms in total. The van der Waals surface area contributed by atoms with E-state index in [-0.39, 0.29) is 5.70 Å². The lowest BCUT2D eigenvalue weighted by Gasteiger charge is -2.12. The molecule has 8 heteroatoms. The largest absolute Gasteiger partial charge is 0.497 e. The zero-order valence-corrected chi connectivity index (χ0v) is 18.7. The molecule has 0 radical (unpaired) electrons. The van der Waals surface area contributed by atoms with Crippen LogP contribution in [0.4, 0.5) is 0 Å². The summed E-state index contributed by atoms with van der Waals surface area (Å²) >= 11 is 0. The van der Waals surface area contributed by atoms with Crippen LogP contribution >= 0.6 is 0 Å². The smallest absolute Gasteiger partial charge is 0.267 e. The highest BCUT2D eigenvalue weighted by atomic mass is 16.5. The Morgan fingerprint density at radius 2 is 1.70 bits per heavy atom. The lowest BCUT2D eigenvalue weighted by molar-refractivity contribution is -0.117. The Hall–Kier alpha value is -4.20. The standard InChI is InChI=1S/C25H26N2O6/c1-30-19-9-7-18(8-10-19)24(28)27-21(16-20-5-4-14-33-20)25(29)26-13-12-17-6-11-22(31-2)23(15-17)32-3/h4-11,14-16H,12-13H2,1-3H3,(H,26,29)(H,27,28)/b21-16-. The number of ether oxygens (including phenoxy) is 3. The number of nitrogens with one attached hydrogen (secondary N) is 2. The van der Waals surface area contributed by atoms with Gasteiger partial charge in [-0.15, -0.1) is 0 Å². The fraction of sp³-hybridized carbons (Fsp3) is 0.200. The van der Waals surface area contributed by atoms with Gasteiger partial charge in [0.2, 0.25) is 0 Å². The number of carbonyl (C=O) groups excluding carboxylic acids is 2. The summed E-state index contributed by atoms with van der Waals surface area (Å²) in [5.74, 6) is 1.46. The van der Waals surface area contributed by atoms with Crippen molar-refractivity contribution in [3.63, 3.8) is 0 Å². The Kier molecular flexibility index (Phi) is 8.13. The molecule has 33 heavy (non-hydrogen) atoms. The van der Waals surface area contributed by atoms with E-state index in [4.69, 9.17) is 18.6 Å². The van der Waals surface area contributed by atoms with Gasteiger partial charge in [0.05, 0.1) is 27.6 Å². The molecular formula is C25H26N2O6. The summed E-state index contributed by atoms with van der Waals surface area (Å²) in [4.78, 5) is 25.5. The van der Waals surface area contributed by atoms with E-state index in [1.165, 1.54) is 12.3 Å². The Labute approximate surface area is 192 Å². The van der Waals surface area contributed by atoms with E-state index < -0.39 is 11.8 Å². The maximum absolute atomic E-state index is 12.8. The summed E-state index contributed by atoms with van der Waals surface area (Å²) in [6.07, 6.45) is 3.53. The van der Waals surface area contributed by atoms with Crippen LogP contribution in [0.3, 0.4) is 0 Å². The molecular weight excluding hydrogens is 424 g/mol. The number of furan rings is 1. The van der Waals surface area contributed by atoms with E-state index in [2.05, 4.69) is 10.6 Å². The van der Waals surface area contributed by atoms with Gasteiger partial charge in [0.15, 0.2) is 11.5 Å². The maximum atomic E-state index is 12.8. The molecule has 0 bridgehead atoms. The summed E-state index contributed by atoms with van der Waals surface area (Å²) in [6, 6.07) is 15.5. The predicted molar refractivity (Wildman–Crippen MR) is 123 cm³/mol. The molecule has 0 saturated carbocycles. The van der Waals surface area contributed by atoms with E-state index in [0.717, 1.165) is 5.56 Å². The first-order chi connectivity index (χ1) is 16.0. The first-order valence-corrected chi connectivity index (χ1v) is 10.2. The van der Waals surface area contributed by atoms with Crippen molar-refractivity contribution in [2.75, 3.05) is 27.9 Å². The van der Waals surface area contributed by atoms with Crippen molar-refractivity contribution in [2.24, 2.45) is 0 Å². The van der Waals surface area contributed by atoms with Crippen molar-refractivity contribution in [3.05, 3.63) is 83.4 Å². The molecule has 0 aliphatic heterocycles. The van der Waals surface area contributed by atoms with Crippen LogP contribution in [0.25, 0.3) is 6.08 Å². The molecule has 0 unspecified atom stereocenters. The van der Waals surface area contributed by atoms with Gasteiger partial charge in [-0.25, -0.2) is 0 Å². The number of hydrogen-bond donors (Lipinski definition) is 2. The molecule has 1 heterocycles. The second kappa shape index (κ2) is 11.4. The molecule has 2 amide bonds. The van der Waals surface area contributed by atoms with Crippen LogP contribution in [0.2, 0.25) is 0 Å². The van der Waals surface area contributed by atoms with Crippen molar-refractivity contribution in [1.82, 2.24) is 10.6 Å². The van der Waals surface area contributed by atoms with Crippen molar-refractivity contribution in [2.45, 2.75) is 6.42 Å². The normalized spacial score (nSPS) is 10.9. The summed E-state index contributed by atoms with van der Waals surface area (Å²) < 4.78 is 21.0. The van der Waals surface area contributed by atoms with Gasteiger partial charge in [0.1, 0.15) is 17.2 Å². The lowest BCUT2D eigenvalue weighted by atomic mass is 10.1. The number of amides is 2. The van der Waals surface area contributed by atoms with Crippen LogP contribution in [0.5, 0.6) is 17.2 Å². The molecule has 0 aliphatic rings. The number of methoxy groups -OCH3 is 3. The van der Waals surface area contributed by atoms with Crippen LogP contribution in [0, 0.1) is 0 Å².